The summed E-state index contributed by atoms with van der Waals surface area (Å²) in [5, 5.41) is 6.46. The molecule has 0 fully saturated rings. The maximum absolute atomic E-state index is 13.1. The van der Waals surface area contributed by atoms with Gasteiger partial charge in [-0.05, 0) is 60.2 Å². The molecule has 32 heavy (non-hydrogen) atoms. The van der Waals surface area contributed by atoms with Crippen molar-refractivity contribution in [1.29, 1.82) is 0 Å². The molecule has 0 unspecified atom stereocenters. The molecule has 0 saturated heterocycles. The maximum atomic E-state index is 13.1. The molecule has 0 atom stereocenters. The Morgan fingerprint density at radius 2 is 1.75 bits per heavy atom. The van der Waals surface area contributed by atoms with Crippen LogP contribution in [0.3, 0.4) is 0 Å². The molecular formula is C23H17ClFN3O4. The summed E-state index contributed by atoms with van der Waals surface area (Å²) < 4.78 is 18.4. The van der Waals surface area contributed by atoms with Crippen LogP contribution in [0.15, 0.2) is 77.9 Å². The fraction of sp³-hybridized carbons (Fsp3) is 0.0435. The molecule has 0 radical (unpaired) electrons. The smallest absolute Gasteiger partial charge is 0.345 e. The fourth-order valence-corrected chi connectivity index (χ4v) is 2.73. The predicted molar refractivity (Wildman–Crippen MR) is 117 cm³/mol. The molecule has 9 heteroatoms. The zero-order valence-electron chi connectivity index (χ0n) is 16.5. The lowest BCUT2D eigenvalue weighted by Crippen LogP contribution is -2.34. The van der Waals surface area contributed by atoms with Crippen LogP contribution < -0.4 is 15.5 Å². The number of amides is 2. The first-order valence-electron chi connectivity index (χ1n) is 9.35. The molecule has 0 aromatic heterocycles. The van der Waals surface area contributed by atoms with Crippen LogP contribution in [-0.4, -0.2) is 30.5 Å². The van der Waals surface area contributed by atoms with Gasteiger partial charge in [-0.2, -0.15) is 5.10 Å². The van der Waals surface area contributed by atoms with Crippen molar-refractivity contribution in [3.63, 3.8) is 0 Å². The molecule has 0 aliphatic heterocycles. The number of hydrogen-bond donors (Lipinski definition) is 2. The predicted octanol–water partition coefficient (Wildman–Crippen LogP) is 3.58. The summed E-state index contributed by atoms with van der Waals surface area (Å²) in [5.74, 6) is -1.95. The zero-order chi connectivity index (χ0) is 22.9. The summed E-state index contributed by atoms with van der Waals surface area (Å²) in [6, 6.07) is 18.1. The maximum Gasteiger partial charge on any atom is 0.345 e. The standard InChI is InChI=1S/C23H17ClFN3O4/c24-20-7-2-1-6-19(20)23(31)32-18-10-8-15(9-11-18)13-27-28-21(29)14-26-22(30)16-4-3-5-17(25)12-16/h1-13H,14H2,(H,26,30)(H,28,29). The third-order valence-electron chi connectivity index (χ3n) is 4.08. The van der Waals surface area contributed by atoms with E-state index in [0.29, 0.717) is 16.3 Å². The van der Waals surface area contributed by atoms with Gasteiger partial charge in [0.25, 0.3) is 11.8 Å². The molecule has 3 aromatic rings. The van der Waals surface area contributed by atoms with Gasteiger partial charge in [-0.1, -0.05) is 29.8 Å². The molecule has 2 amide bonds. The van der Waals surface area contributed by atoms with Gasteiger partial charge in [-0.15, -0.1) is 0 Å². The minimum Gasteiger partial charge on any atom is -0.423 e. The number of nitrogens with one attached hydrogen (secondary N) is 2. The summed E-state index contributed by atoms with van der Waals surface area (Å²) in [6.07, 6.45) is 1.38. The number of carbonyl (C=O) groups is 3. The number of nitrogens with zero attached hydrogens (tertiary/aromatic N) is 1. The van der Waals surface area contributed by atoms with Gasteiger partial charge in [-0.25, -0.2) is 14.6 Å². The Kier molecular flexibility index (Phi) is 7.66. The van der Waals surface area contributed by atoms with E-state index in [1.54, 1.807) is 48.5 Å². The van der Waals surface area contributed by atoms with Crippen molar-refractivity contribution in [1.82, 2.24) is 10.7 Å². The van der Waals surface area contributed by atoms with Crippen LogP contribution in [0.25, 0.3) is 0 Å². The second kappa shape index (κ2) is 10.8. The highest BCUT2D eigenvalue weighted by molar-refractivity contribution is 6.33. The van der Waals surface area contributed by atoms with Crippen molar-refractivity contribution in [3.8, 4) is 5.75 Å². The third-order valence-corrected chi connectivity index (χ3v) is 4.41. The first-order chi connectivity index (χ1) is 15.4. The number of hydrogen-bond acceptors (Lipinski definition) is 5. The van der Waals surface area contributed by atoms with Gasteiger partial charge in [0.2, 0.25) is 0 Å². The summed E-state index contributed by atoms with van der Waals surface area (Å²) in [7, 11) is 0. The Labute approximate surface area is 187 Å². The van der Waals surface area contributed by atoms with E-state index in [-0.39, 0.29) is 17.7 Å². The van der Waals surface area contributed by atoms with Gasteiger partial charge in [0.1, 0.15) is 11.6 Å². The highest BCUT2D eigenvalue weighted by Crippen LogP contribution is 2.18. The Hall–Kier alpha value is -4.04. The number of esters is 1. The van der Waals surface area contributed by atoms with Gasteiger partial charge in [0.05, 0.1) is 23.3 Å². The largest absolute Gasteiger partial charge is 0.423 e. The second-order valence-electron chi connectivity index (χ2n) is 6.42. The molecular weight excluding hydrogens is 437 g/mol. The molecule has 7 nitrogen and oxygen atoms in total. The minimum atomic E-state index is -0.579. The van der Waals surface area contributed by atoms with Gasteiger partial charge < -0.3 is 10.1 Å². The van der Waals surface area contributed by atoms with E-state index in [2.05, 4.69) is 15.8 Å². The van der Waals surface area contributed by atoms with Crippen molar-refractivity contribution in [2.45, 2.75) is 0 Å². The quantitative estimate of drug-likeness (QED) is 0.247. The van der Waals surface area contributed by atoms with Crippen molar-refractivity contribution in [2.75, 3.05) is 6.54 Å². The fourth-order valence-electron chi connectivity index (χ4n) is 2.52. The number of carbonyl (C=O) groups excluding carboxylic acids is 3. The van der Waals surface area contributed by atoms with E-state index in [1.165, 1.54) is 24.4 Å². The van der Waals surface area contributed by atoms with E-state index in [1.807, 2.05) is 0 Å². The monoisotopic (exact) mass is 453 g/mol. The molecule has 2 N–H and O–H groups in total. The van der Waals surface area contributed by atoms with Crippen LogP contribution in [0.5, 0.6) is 5.75 Å². The van der Waals surface area contributed by atoms with E-state index in [9.17, 15) is 18.8 Å². The second-order valence-corrected chi connectivity index (χ2v) is 6.83. The van der Waals surface area contributed by atoms with Gasteiger partial charge in [0, 0.05) is 5.56 Å². The molecule has 3 rings (SSSR count). The topological polar surface area (TPSA) is 96.9 Å². The lowest BCUT2D eigenvalue weighted by Gasteiger charge is -2.06. The number of ether oxygens (including phenoxy) is 1. The Morgan fingerprint density at radius 1 is 1.00 bits per heavy atom. The van der Waals surface area contributed by atoms with Gasteiger partial charge >= 0.3 is 5.97 Å². The Bertz CT molecular complexity index is 1170. The van der Waals surface area contributed by atoms with E-state index in [4.69, 9.17) is 16.3 Å². The van der Waals surface area contributed by atoms with Crippen LogP contribution in [-0.2, 0) is 4.79 Å². The molecule has 0 saturated carbocycles. The summed E-state index contributed by atoms with van der Waals surface area (Å²) >= 11 is 5.98. The van der Waals surface area contributed by atoms with Gasteiger partial charge in [-0.3, -0.25) is 9.59 Å². The van der Waals surface area contributed by atoms with Crippen LogP contribution in [0.2, 0.25) is 5.02 Å². The zero-order valence-corrected chi connectivity index (χ0v) is 17.3. The molecule has 3 aromatic carbocycles. The number of rotatable bonds is 7. The number of hydrazone groups is 1. The van der Waals surface area contributed by atoms with Crippen LogP contribution in [0.4, 0.5) is 4.39 Å². The average Bonchev–Trinajstić information content (AvgIpc) is 2.79. The molecule has 0 bridgehead atoms. The highest BCUT2D eigenvalue weighted by atomic mass is 35.5. The van der Waals surface area contributed by atoms with Crippen molar-refractivity contribution in [3.05, 3.63) is 100 Å². The Balaban J connectivity index is 1.46. The lowest BCUT2D eigenvalue weighted by atomic mass is 10.2. The molecule has 0 spiro atoms. The van der Waals surface area contributed by atoms with Crippen molar-refractivity contribution >= 4 is 35.6 Å². The third kappa shape index (κ3) is 6.48. The summed E-state index contributed by atoms with van der Waals surface area (Å²) in [6.45, 7) is -0.330. The van der Waals surface area contributed by atoms with Crippen LogP contribution in [0, 0.1) is 5.82 Å². The van der Waals surface area contributed by atoms with Gasteiger partial charge in [0.15, 0.2) is 0 Å². The highest BCUT2D eigenvalue weighted by Gasteiger charge is 2.12. The lowest BCUT2D eigenvalue weighted by molar-refractivity contribution is -0.120. The Morgan fingerprint density at radius 3 is 2.47 bits per heavy atom. The molecule has 0 aliphatic rings. The summed E-state index contributed by atoms with van der Waals surface area (Å²) in [5.41, 5.74) is 3.26. The molecule has 0 heterocycles. The molecule has 162 valence electrons. The number of benzene rings is 3. The first kappa shape index (κ1) is 22.6. The van der Waals surface area contributed by atoms with Crippen LogP contribution in [0.1, 0.15) is 26.3 Å². The summed E-state index contributed by atoms with van der Waals surface area (Å²) in [4.78, 5) is 35.8. The normalized spacial score (nSPS) is 10.6. The van der Waals surface area contributed by atoms with Crippen LogP contribution >= 0.6 is 11.6 Å². The SMILES string of the molecule is O=C(CNC(=O)c1cccc(F)c1)NN=Cc1ccc(OC(=O)c2ccccc2Cl)cc1. The molecule has 0 aliphatic carbocycles. The van der Waals surface area contributed by atoms with E-state index >= 15 is 0 Å². The van der Waals surface area contributed by atoms with Crippen molar-refractivity contribution in [2.24, 2.45) is 5.10 Å². The van der Waals surface area contributed by atoms with E-state index in [0.717, 1.165) is 6.07 Å². The first-order valence-corrected chi connectivity index (χ1v) is 9.72. The van der Waals surface area contributed by atoms with Crippen molar-refractivity contribution < 1.29 is 23.5 Å². The number of halogens is 2. The van der Waals surface area contributed by atoms with E-state index < -0.39 is 23.6 Å². The average molecular weight is 454 g/mol. The minimum absolute atomic E-state index is 0.108.